The Kier molecular flexibility index (Phi) is 4.10. The standard InChI is InChI=1S/C14H10ClNO2/c15-14(18-12-9-5-2-6-10-12)16-13(17)11-7-3-1-4-8-11/h1-10H. The minimum absolute atomic E-state index is 0.199. The van der Waals surface area contributed by atoms with Gasteiger partial charge in [0.2, 0.25) is 0 Å². The van der Waals surface area contributed by atoms with Crippen molar-refractivity contribution in [2.75, 3.05) is 0 Å². The first-order chi connectivity index (χ1) is 8.75. The van der Waals surface area contributed by atoms with Crippen LogP contribution in [0.4, 0.5) is 0 Å². The maximum atomic E-state index is 11.7. The highest BCUT2D eigenvalue weighted by atomic mass is 35.5. The Morgan fingerprint density at radius 2 is 1.50 bits per heavy atom. The molecule has 0 aliphatic carbocycles. The van der Waals surface area contributed by atoms with Crippen LogP contribution in [0.2, 0.25) is 0 Å². The topological polar surface area (TPSA) is 38.7 Å². The second-order valence-corrected chi connectivity index (χ2v) is 3.77. The van der Waals surface area contributed by atoms with Crippen LogP contribution in [0.15, 0.2) is 65.7 Å². The average Bonchev–Trinajstić information content (AvgIpc) is 2.40. The number of carbonyl (C=O) groups excluding carboxylic acids is 1. The molecule has 18 heavy (non-hydrogen) atoms. The lowest BCUT2D eigenvalue weighted by Gasteiger charge is -2.01. The van der Waals surface area contributed by atoms with E-state index in [0.717, 1.165) is 0 Å². The summed E-state index contributed by atoms with van der Waals surface area (Å²) in [6, 6.07) is 17.6. The van der Waals surface area contributed by atoms with Crippen molar-refractivity contribution in [3.05, 3.63) is 66.2 Å². The van der Waals surface area contributed by atoms with E-state index in [1.54, 1.807) is 48.5 Å². The van der Waals surface area contributed by atoms with Crippen molar-refractivity contribution in [2.24, 2.45) is 4.99 Å². The Morgan fingerprint density at radius 1 is 0.944 bits per heavy atom. The minimum atomic E-state index is -0.434. The Bertz CT molecular complexity index is 553. The fourth-order valence-electron chi connectivity index (χ4n) is 1.33. The van der Waals surface area contributed by atoms with Gasteiger partial charge in [-0.2, -0.15) is 4.99 Å². The van der Waals surface area contributed by atoms with Crippen molar-refractivity contribution in [3.63, 3.8) is 0 Å². The van der Waals surface area contributed by atoms with E-state index in [4.69, 9.17) is 16.3 Å². The Labute approximate surface area is 110 Å². The van der Waals surface area contributed by atoms with E-state index in [2.05, 4.69) is 4.99 Å². The molecule has 0 aliphatic heterocycles. The van der Waals surface area contributed by atoms with Crippen molar-refractivity contribution in [3.8, 4) is 5.75 Å². The van der Waals surface area contributed by atoms with Gasteiger partial charge in [-0.15, -0.1) is 0 Å². The summed E-state index contributed by atoms with van der Waals surface area (Å²) in [6.07, 6.45) is 0. The van der Waals surface area contributed by atoms with Crippen LogP contribution in [0, 0.1) is 0 Å². The van der Waals surface area contributed by atoms with E-state index in [1.165, 1.54) is 0 Å². The molecule has 0 heterocycles. The first-order valence-electron chi connectivity index (χ1n) is 5.32. The van der Waals surface area contributed by atoms with Crippen LogP contribution in [0.5, 0.6) is 5.75 Å². The predicted octanol–water partition coefficient (Wildman–Crippen LogP) is 3.50. The Morgan fingerprint density at radius 3 is 2.11 bits per heavy atom. The van der Waals surface area contributed by atoms with Gasteiger partial charge in [-0.3, -0.25) is 4.79 Å². The number of rotatable bonds is 2. The number of aliphatic imine (C=N–C) groups is 1. The molecule has 0 aromatic heterocycles. The van der Waals surface area contributed by atoms with Gasteiger partial charge in [0.05, 0.1) is 0 Å². The van der Waals surface area contributed by atoms with Crippen LogP contribution in [0.3, 0.4) is 0 Å². The van der Waals surface area contributed by atoms with E-state index in [0.29, 0.717) is 11.3 Å². The highest BCUT2D eigenvalue weighted by molar-refractivity contribution is 6.64. The van der Waals surface area contributed by atoms with Gasteiger partial charge in [-0.25, -0.2) is 0 Å². The van der Waals surface area contributed by atoms with Crippen LogP contribution >= 0.6 is 11.6 Å². The second kappa shape index (κ2) is 5.98. The molecular formula is C14H10ClNO2. The number of amides is 1. The molecule has 0 N–H and O–H groups in total. The maximum Gasteiger partial charge on any atom is 0.295 e. The monoisotopic (exact) mass is 259 g/mol. The number of benzene rings is 2. The number of para-hydroxylation sites is 1. The lowest BCUT2D eigenvalue weighted by Crippen LogP contribution is -2.05. The molecule has 2 aromatic carbocycles. The number of carbonyl (C=O) groups is 1. The van der Waals surface area contributed by atoms with Crippen molar-refractivity contribution < 1.29 is 9.53 Å². The zero-order valence-corrected chi connectivity index (χ0v) is 10.2. The summed E-state index contributed by atoms with van der Waals surface area (Å²) >= 11 is 5.77. The van der Waals surface area contributed by atoms with Crippen LogP contribution < -0.4 is 4.74 Å². The van der Waals surface area contributed by atoms with Crippen molar-refractivity contribution in [1.82, 2.24) is 0 Å². The van der Waals surface area contributed by atoms with E-state index < -0.39 is 5.91 Å². The number of hydrogen-bond donors (Lipinski definition) is 0. The fourth-order valence-corrected chi connectivity index (χ4v) is 1.50. The van der Waals surface area contributed by atoms with Gasteiger partial charge in [0.25, 0.3) is 11.3 Å². The van der Waals surface area contributed by atoms with Crippen LogP contribution in [-0.2, 0) is 0 Å². The zero-order chi connectivity index (χ0) is 12.8. The molecule has 4 heteroatoms. The molecule has 1 amide bonds. The van der Waals surface area contributed by atoms with Crippen molar-refractivity contribution in [2.45, 2.75) is 0 Å². The number of halogens is 1. The lowest BCUT2D eigenvalue weighted by atomic mass is 10.2. The summed E-state index contributed by atoms with van der Waals surface area (Å²) in [5.74, 6) is 0.101. The first-order valence-corrected chi connectivity index (χ1v) is 5.70. The van der Waals surface area contributed by atoms with Gasteiger partial charge in [0.1, 0.15) is 5.75 Å². The molecule has 0 atom stereocenters. The summed E-state index contributed by atoms with van der Waals surface area (Å²) in [6.45, 7) is 0. The van der Waals surface area contributed by atoms with E-state index in [1.807, 2.05) is 12.1 Å². The van der Waals surface area contributed by atoms with Crippen LogP contribution in [0.25, 0.3) is 0 Å². The molecule has 0 saturated heterocycles. The van der Waals surface area contributed by atoms with Gasteiger partial charge in [0.15, 0.2) is 0 Å². The highest BCUT2D eigenvalue weighted by Crippen LogP contribution is 2.11. The summed E-state index contributed by atoms with van der Waals surface area (Å²) < 4.78 is 5.20. The Hall–Kier alpha value is -2.13. The molecule has 0 unspecified atom stereocenters. The minimum Gasteiger partial charge on any atom is -0.430 e. The summed E-state index contributed by atoms with van der Waals surface area (Å²) in [5.41, 5.74) is 0.465. The second-order valence-electron chi connectivity index (χ2n) is 3.45. The summed E-state index contributed by atoms with van der Waals surface area (Å²) in [4.78, 5) is 15.4. The SMILES string of the molecule is O=C(N=C(Cl)Oc1ccccc1)c1ccccc1. The lowest BCUT2D eigenvalue weighted by molar-refractivity contribution is 0.100. The largest absolute Gasteiger partial charge is 0.430 e. The molecular weight excluding hydrogens is 250 g/mol. The molecule has 2 rings (SSSR count). The zero-order valence-electron chi connectivity index (χ0n) is 9.42. The summed E-state index contributed by atoms with van der Waals surface area (Å²) in [7, 11) is 0. The molecule has 0 fully saturated rings. The van der Waals surface area contributed by atoms with Crippen LogP contribution in [-0.4, -0.2) is 11.3 Å². The van der Waals surface area contributed by atoms with E-state index in [-0.39, 0.29) is 5.36 Å². The number of ether oxygens (including phenoxy) is 1. The third-order valence-corrected chi connectivity index (χ3v) is 2.32. The third kappa shape index (κ3) is 3.43. The van der Waals surface area contributed by atoms with Crippen LogP contribution in [0.1, 0.15) is 10.4 Å². The van der Waals surface area contributed by atoms with Gasteiger partial charge in [0, 0.05) is 5.56 Å². The molecule has 2 aromatic rings. The molecule has 0 spiro atoms. The van der Waals surface area contributed by atoms with Crippen molar-refractivity contribution in [1.29, 1.82) is 0 Å². The normalized spacial score (nSPS) is 11.1. The number of nitrogens with zero attached hydrogens (tertiary/aromatic N) is 1. The van der Waals surface area contributed by atoms with Crippen molar-refractivity contribution >= 4 is 22.9 Å². The smallest absolute Gasteiger partial charge is 0.295 e. The molecule has 0 aliphatic rings. The van der Waals surface area contributed by atoms with E-state index in [9.17, 15) is 4.79 Å². The van der Waals surface area contributed by atoms with Gasteiger partial charge < -0.3 is 4.74 Å². The van der Waals surface area contributed by atoms with Gasteiger partial charge in [-0.1, -0.05) is 36.4 Å². The Balaban J connectivity index is 2.07. The third-order valence-electron chi connectivity index (χ3n) is 2.16. The predicted molar refractivity (Wildman–Crippen MR) is 71.1 cm³/mol. The fraction of sp³-hybridized carbons (Fsp3) is 0. The molecule has 3 nitrogen and oxygen atoms in total. The molecule has 90 valence electrons. The van der Waals surface area contributed by atoms with E-state index >= 15 is 0 Å². The average molecular weight is 260 g/mol. The van der Waals surface area contributed by atoms with Gasteiger partial charge >= 0.3 is 0 Å². The molecule has 0 radical (unpaired) electrons. The highest BCUT2D eigenvalue weighted by Gasteiger charge is 2.06. The maximum absolute atomic E-state index is 11.7. The first kappa shape index (κ1) is 12.3. The molecule has 0 bridgehead atoms. The molecule has 0 saturated carbocycles. The summed E-state index contributed by atoms with van der Waals surface area (Å²) in [5, 5.41) is -0.199. The van der Waals surface area contributed by atoms with Gasteiger partial charge in [-0.05, 0) is 35.9 Å². The quantitative estimate of drug-likeness (QED) is 0.612. The number of hydrogen-bond acceptors (Lipinski definition) is 2.